The van der Waals surface area contributed by atoms with E-state index in [-0.39, 0.29) is 12.1 Å². The molecule has 0 unspecified atom stereocenters. The topological polar surface area (TPSA) is 58.0 Å². The average Bonchev–Trinajstić information content (AvgIpc) is 3.00. The average molecular weight is 350 g/mol. The van der Waals surface area contributed by atoms with Gasteiger partial charge in [-0.25, -0.2) is 13.8 Å². The van der Waals surface area contributed by atoms with E-state index >= 15 is 0 Å². The molecule has 4 rings (SSSR count). The van der Waals surface area contributed by atoms with Gasteiger partial charge in [-0.2, -0.15) is 4.98 Å². The third kappa shape index (κ3) is 3.32. The van der Waals surface area contributed by atoms with Crippen LogP contribution in [-0.4, -0.2) is 71.0 Å². The lowest BCUT2D eigenvalue weighted by atomic mass is 10.0. The van der Waals surface area contributed by atoms with Gasteiger partial charge in [0.15, 0.2) is 0 Å². The number of piperidine rings is 2. The molecule has 0 amide bonds. The summed E-state index contributed by atoms with van der Waals surface area (Å²) >= 11 is 0. The summed E-state index contributed by atoms with van der Waals surface area (Å²) in [5, 5.41) is 7.01. The Morgan fingerprint density at radius 3 is 2.96 bits per heavy atom. The standard InChI is InChI=1S/C17H24F2N6/c1-24-6-4-15(13(19)10-24)25-7-3-11-8-21-17(23-16(11)25)22-14-2-5-20-9-12(14)18/h3,7-8,12-15,20H,2,4-6,9-10H2,1H3,(H,21,22,23)/t12-,13+,14-,15-/m1/s1. The molecule has 6 nitrogen and oxygen atoms in total. The Morgan fingerprint density at radius 2 is 2.16 bits per heavy atom. The van der Waals surface area contributed by atoms with E-state index in [1.165, 1.54) is 0 Å². The van der Waals surface area contributed by atoms with E-state index in [1.807, 2.05) is 28.8 Å². The number of anilines is 1. The summed E-state index contributed by atoms with van der Waals surface area (Å²) in [6, 6.07) is 1.40. The van der Waals surface area contributed by atoms with Crippen molar-refractivity contribution in [3.63, 3.8) is 0 Å². The summed E-state index contributed by atoms with van der Waals surface area (Å²) in [4.78, 5) is 10.9. The fourth-order valence-corrected chi connectivity index (χ4v) is 3.78. The highest BCUT2D eigenvalue weighted by Crippen LogP contribution is 2.29. The third-order valence-electron chi connectivity index (χ3n) is 5.25. The van der Waals surface area contributed by atoms with Gasteiger partial charge in [0.05, 0.1) is 12.1 Å². The van der Waals surface area contributed by atoms with Crippen LogP contribution in [0.1, 0.15) is 18.9 Å². The third-order valence-corrected chi connectivity index (χ3v) is 5.25. The summed E-state index contributed by atoms with van der Waals surface area (Å²) in [7, 11) is 1.94. The zero-order chi connectivity index (χ0) is 17.4. The molecule has 2 aliphatic rings. The van der Waals surface area contributed by atoms with Crippen LogP contribution in [0.3, 0.4) is 0 Å². The highest BCUT2D eigenvalue weighted by molar-refractivity contribution is 5.76. The second-order valence-corrected chi connectivity index (χ2v) is 7.09. The van der Waals surface area contributed by atoms with E-state index in [0.717, 1.165) is 24.9 Å². The van der Waals surface area contributed by atoms with Gasteiger partial charge in [0.1, 0.15) is 18.0 Å². The van der Waals surface area contributed by atoms with Crippen molar-refractivity contribution in [3.8, 4) is 0 Å². The summed E-state index contributed by atoms with van der Waals surface area (Å²) in [5.41, 5.74) is 0.707. The molecule has 136 valence electrons. The highest BCUT2D eigenvalue weighted by Gasteiger charge is 2.30. The summed E-state index contributed by atoms with van der Waals surface area (Å²) in [6.45, 7) is 2.41. The van der Waals surface area contributed by atoms with Crippen LogP contribution in [0.25, 0.3) is 11.0 Å². The number of halogens is 2. The van der Waals surface area contributed by atoms with Crippen LogP contribution in [0.4, 0.5) is 14.7 Å². The van der Waals surface area contributed by atoms with E-state index in [1.54, 1.807) is 6.20 Å². The number of nitrogens with one attached hydrogen (secondary N) is 2. The molecule has 4 atom stereocenters. The number of likely N-dealkylation sites (tertiary alicyclic amines) is 1. The van der Waals surface area contributed by atoms with Gasteiger partial charge in [0.25, 0.3) is 0 Å². The van der Waals surface area contributed by atoms with Crippen molar-refractivity contribution in [3.05, 3.63) is 18.5 Å². The second kappa shape index (κ2) is 6.84. The van der Waals surface area contributed by atoms with E-state index in [9.17, 15) is 8.78 Å². The Hall–Kier alpha value is -1.80. The number of fused-ring (bicyclic) bond motifs is 1. The van der Waals surface area contributed by atoms with Crippen LogP contribution in [0, 0.1) is 0 Å². The van der Waals surface area contributed by atoms with Crippen LogP contribution < -0.4 is 10.6 Å². The molecule has 2 saturated heterocycles. The number of alkyl halides is 2. The van der Waals surface area contributed by atoms with Crippen LogP contribution >= 0.6 is 0 Å². The Labute approximate surface area is 145 Å². The molecular weight excluding hydrogens is 326 g/mol. The maximum atomic E-state index is 14.5. The predicted octanol–water partition coefficient (Wildman–Crippen LogP) is 1.76. The number of hydrogen-bond acceptors (Lipinski definition) is 5. The molecule has 2 aliphatic heterocycles. The Morgan fingerprint density at radius 1 is 1.28 bits per heavy atom. The zero-order valence-electron chi connectivity index (χ0n) is 14.3. The first-order valence-corrected chi connectivity index (χ1v) is 8.89. The maximum Gasteiger partial charge on any atom is 0.224 e. The first-order valence-electron chi connectivity index (χ1n) is 8.89. The number of rotatable bonds is 3. The van der Waals surface area contributed by atoms with Gasteiger partial charge in [-0.15, -0.1) is 0 Å². The van der Waals surface area contributed by atoms with E-state index in [4.69, 9.17) is 0 Å². The second-order valence-electron chi connectivity index (χ2n) is 7.09. The molecule has 2 N–H and O–H groups in total. The summed E-state index contributed by atoms with van der Waals surface area (Å²) in [5.74, 6) is 0.408. The molecule has 0 radical (unpaired) electrons. The van der Waals surface area contributed by atoms with Gasteiger partial charge in [-0.1, -0.05) is 0 Å². The van der Waals surface area contributed by atoms with Crippen molar-refractivity contribution in [2.24, 2.45) is 0 Å². The Bertz CT molecular complexity index is 735. The lowest BCUT2D eigenvalue weighted by Gasteiger charge is -2.33. The molecule has 2 aromatic heterocycles. The molecule has 0 bridgehead atoms. The fraction of sp³-hybridized carbons (Fsp3) is 0.647. The molecule has 4 heterocycles. The van der Waals surface area contributed by atoms with Crippen molar-refractivity contribution in [1.29, 1.82) is 0 Å². The monoisotopic (exact) mass is 350 g/mol. The quantitative estimate of drug-likeness (QED) is 0.883. The number of aromatic nitrogens is 3. The molecule has 2 fully saturated rings. The minimum Gasteiger partial charge on any atom is -0.348 e. The van der Waals surface area contributed by atoms with E-state index < -0.39 is 12.3 Å². The van der Waals surface area contributed by atoms with Gasteiger partial charge in [0.2, 0.25) is 5.95 Å². The van der Waals surface area contributed by atoms with Gasteiger partial charge in [0, 0.05) is 37.4 Å². The maximum absolute atomic E-state index is 14.5. The number of nitrogens with zero attached hydrogens (tertiary/aromatic N) is 4. The van der Waals surface area contributed by atoms with Crippen LogP contribution in [0.2, 0.25) is 0 Å². The molecule has 0 aromatic carbocycles. The summed E-state index contributed by atoms with van der Waals surface area (Å²) in [6.07, 6.45) is 3.13. The van der Waals surface area contributed by atoms with Crippen molar-refractivity contribution in [2.45, 2.75) is 37.3 Å². The normalized spacial score (nSPS) is 31.3. The van der Waals surface area contributed by atoms with Crippen molar-refractivity contribution in [1.82, 2.24) is 24.8 Å². The Kier molecular flexibility index (Phi) is 4.56. The van der Waals surface area contributed by atoms with Gasteiger partial charge >= 0.3 is 0 Å². The van der Waals surface area contributed by atoms with Gasteiger partial charge in [-0.3, -0.25) is 0 Å². The molecule has 0 spiro atoms. The molecular formula is C17H24F2N6. The minimum absolute atomic E-state index is 0.218. The Balaban J connectivity index is 1.59. The summed E-state index contributed by atoms with van der Waals surface area (Å²) < 4.78 is 30.5. The predicted molar refractivity (Wildman–Crippen MR) is 93.4 cm³/mol. The van der Waals surface area contributed by atoms with Crippen molar-refractivity contribution < 1.29 is 8.78 Å². The first-order chi connectivity index (χ1) is 12.1. The zero-order valence-corrected chi connectivity index (χ0v) is 14.3. The van der Waals surface area contributed by atoms with Gasteiger partial charge in [-0.05, 0) is 32.5 Å². The van der Waals surface area contributed by atoms with E-state index in [2.05, 4.69) is 20.6 Å². The molecule has 0 aliphatic carbocycles. The highest BCUT2D eigenvalue weighted by atomic mass is 19.1. The minimum atomic E-state index is -0.969. The first kappa shape index (κ1) is 16.7. The SMILES string of the molecule is CN1CC[C@@H](n2ccc3cnc(N[C@@H]4CCNC[C@H]4F)nc32)[C@@H](F)C1. The molecule has 25 heavy (non-hydrogen) atoms. The molecule has 2 aromatic rings. The lowest BCUT2D eigenvalue weighted by Crippen LogP contribution is -2.45. The van der Waals surface area contributed by atoms with E-state index in [0.29, 0.717) is 31.1 Å². The lowest BCUT2D eigenvalue weighted by molar-refractivity contribution is 0.109. The van der Waals surface area contributed by atoms with Crippen LogP contribution in [0.5, 0.6) is 0 Å². The number of hydrogen-bond donors (Lipinski definition) is 2. The van der Waals surface area contributed by atoms with Gasteiger partial charge < -0.3 is 20.1 Å². The smallest absolute Gasteiger partial charge is 0.224 e. The van der Waals surface area contributed by atoms with Crippen LogP contribution in [0.15, 0.2) is 18.5 Å². The van der Waals surface area contributed by atoms with Crippen LogP contribution in [-0.2, 0) is 0 Å². The van der Waals surface area contributed by atoms with Crippen molar-refractivity contribution in [2.75, 3.05) is 38.5 Å². The molecule has 0 saturated carbocycles. The fourth-order valence-electron chi connectivity index (χ4n) is 3.78. The molecule has 8 heteroatoms. The van der Waals surface area contributed by atoms with Crippen molar-refractivity contribution >= 4 is 17.0 Å². The largest absolute Gasteiger partial charge is 0.348 e.